The molecule has 0 radical (unpaired) electrons. The van der Waals surface area contributed by atoms with Crippen LogP contribution in [-0.4, -0.2) is 32.6 Å². The molecule has 0 atom stereocenters. The molecule has 0 aliphatic heterocycles. The molecule has 0 saturated carbocycles. The summed E-state index contributed by atoms with van der Waals surface area (Å²) in [6.07, 6.45) is 0. The molecule has 0 saturated heterocycles. The first-order chi connectivity index (χ1) is 12.6. The molecule has 5 nitrogen and oxygen atoms in total. The molecule has 0 aliphatic carbocycles. The van der Waals surface area contributed by atoms with E-state index < -0.39 is 0 Å². The normalized spacial score (nSPS) is 10.4. The Kier molecular flexibility index (Phi) is 5.80. The molecule has 0 aliphatic rings. The number of H-pyrrole nitrogens is 1. The van der Waals surface area contributed by atoms with E-state index in [9.17, 15) is 4.21 Å². The third-order valence-electron chi connectivity index (χ3n) is 3.78. The van der Waals surface area contributed by atoms with Gasteiger partial charge in [-0.25, -0.2) is 9.19 Å². The van der Waals surface area contributed by atoms with Crippen LogP contribution in [0.1, 0.15) is 6.92 Å². The zero-order chi connectivity index (χ0) is 18.5. The van der Waals surface area contributed by atoms with Crippen molar-refractivity contribution in [2.75, 3.05) is 14.2 Å². The lowest BCUT2D eigenvalue weighted by molar-refractivity contribution is 0.414. The van der Waals surface area contributed by atoms with Crippen LogP contribution >= 0.6 is 11.8 Å². The van der Waals surface area contributed by atoms with Gasteiger partial charge in [0.1, 0.15) is 11.5 Å². The molecule has 7 heteroatoms. The van der Waals surface area contributed by atoms with Crippen LogP contribution in [0.4, 0.5) is 0 Å². The highest BCUT2D eigenvalue weighted by atomic mass is 32.2. The smallest absolute Gasteiger partial charge is 0.171 e. The average Bonchev–Trinajstić information content (AvgIpc) is 3.11. The molecule has 3 aromatic rings. The molecule has 2 aromatic carbocycles. The number of nitrogens with zero attached hydrogens (tertiary/aromatic N) is 1. The molecule has 0 unspecified atom stereocenters. The standard InChI is InChI=1S/C19H18N2O3S2/c1-12(26-22)25-19-20-17(13-4-8-15(23-2)9-5-13)18(21-19)14-6-10-16(24-3)11-7-14/h4-11H,1-3H3,(H,20,21). The molecular weight excluding hydrogens is 368 g/mol. The molecule has 3 rings (SSSR count). The fraction of sp³-hybridized carbons (Fsp3) is 0.158. The number of hydrogen-bond donors (Lipinski definition) is 1. The maximum Gasteiger partial charge on any atom is 0.171 e. The van der Waals surface area contributed by atoms with Crippen molar-refractivity contribution < 1.29 is 13.7 Å². The summed E-state index contributed by atoms with van der Waals surface area (Å²) >= 11 is 1.81. The number of ether oxygens (including phenoxy) is 2. The summed E-state index contributed by atoms with van der Waals surface area (Å²) in [7, 11) is 3.28. The maximum absolute atomic E-state index is 11.0. The minimum atomic E-state index is 0.473. The quantitative estimate of drug-likeness (QED) is 0.525. The number of benzene rings is 2. The van der Waals surface area contributed by atoms with Gasteiger partial charge in [-0.1, -0.05) is 0 Å². The van der Waals surface area contributed by atoms with Crippen LogP contribution in [0.2, 0.25) is 0 Å². The van der Waals surface area contributed by atoms with Crippen molar-refractivity contribution in [3.63, 3.8) is 0 Å². The molecule has 134 valence electrons. The van der Waals surface area contributed by atoms with Crippen LogP contribution < -0.4 is 9.47 Å². The summed E-state index contributed by atoms with van der Waals surface area (Å²) in [6, 6.07) is 15.5. The molecule has 1 aromatic heterocycles. The van der Waals surface area contributed by atoms with Gasteiger partial charge >= 0.3 is 0 Å². The van der Waals surface area contributed by atoms with Crippen LogP contribution in [0.15, 0.2) is 53.7 Å². The number of hydrogen-bond acceptors (Lipinski definition) is 5. The highest BCUT2D eigenvalue weighted by Gasteiger charge is 2.15. The van der Waals surface area contributed by atoms with Gasteiger partial charge in [-0.3, -0.25) is 0 Å². The number of aromatic nitrogens is 2. The van der Waals surface area contributed by atoms with Crippen LogP contribution in [0, 0.1) is 0 Å². The van der Waals surface area contributed by atoms with Crippen LogP contribution in [-0.2, 0) is 11.3 Å². The summed E-state index contributed by atoms with van der Waals surface area (Å²) in [6.45, 7) is 1.78. The second-order valence-corrected chi connectivity index (χ2v) is 7.64. The summed E-state index contributed by atoms with van der Waals surface area (Å²) in [4.78, 5) is 8.04. The van der Waals surface area contributed by atoms with Gasteiger partial charge in [-0.15, -0.1) is 0 Å². The zero-order valence-corrected chi connectivity index (χ0v) is 16.2. The fourth-order valence-corrected chi connectivity index (χ4v) is 3.41. The number of nitrogens with one attached hydrogen (secondary N) is 1. The lowest BCUT2D eigenvalue weighted by atomic mass is 10.0. The lowest BCUT2D eigenvalue weighted by Crippen LogP contribution is -1.87. The minimum absolute atomic E-state index is 0.473. The van der Waals surface area contributed by atoms with E-state index in [1.54, 1.807) is 21.1 Å². The Morgan fingerprint density at radius 2 is 1.46 bits per heavy atom. The molecule has 0 amide bonds. The first kappa shape index (κ1) is 18.3. The van der Waals surface area contributed by atoms with Gasteiger partial charge < -0.3 is 14.5 Å². The Labute approximate surface area is 159 Å². The fourth-order valence-electron chi connectivity index (χ4n) is 2.48. The average molecular weight is 386 g/mol. The Balaban J connectivity index is 2.08. The maximum atomic E-state index is 11.0. The van der Waals surface area contributed by atoms with Crippen molar-refractivity contribution in [2.24, 2.45) is 0 Å². The largest absolute Gasteiger partial charge is 0.497 e. The van der Waals surface area contributed by atoms with E-state index in [0.29, 0.717) is 20.6 Å². The molecule has 0 bridgehead atoms. The van der Waals surface area contributed by atoms with Gasteiger partial charge in [0.15, 0.2) is 5.16 Å². The van der Waals surface area contributed by atoms with Gasteiger partial charge in [0, 0.05) is 11.1 Å². The SMILES string of the molecule is COc1ccc(-c2nc(SC(C)=S=O)[nH]c2-c2ccc(OC)cc2)cc1. The van der Waals surface area contributed by atoms with E-state index in [1.807, 2.05) is 48.5 Å². The number of thioether (sulfide) groups is 1. The zero-order valence-electron chi connectivity index (χ0n) is 14.6. The van der Waals surface area contributed by atoms with Crippen molar-refractivity contribution in [2.45, 2.75) is 12.1 Å². The topological polar surface area (TPSA) is 64.2 Å². The Bertz CT molecular complexity index is 879. The number of rotatable bonds is 5. The van der Waals surface area contributed by atoms with E-state index in [0.717, 1.165) is 34.0 Å². The Hall–Kier alpha value is -2.51. The van der Waals surface area contributed by atoms with E-state index in [2.05, 4.69) is 4.98 Å². The molecular formula is C19H18N2O3S2. The van der Waals surface area contributed by atoms with E-state index in [1.165, 1.54) is 11.8 Å². The first-order valence-corrected chi connectivity index (χ1v) is 9.40. The molecule has 26 heavy (non-hydrogen) atoms. The Morgan fingerprint density at radius 3 is 1.96 bits per heavy atom. The van der Waals surface area contributed by atoms with Crippen molar-refractivity contribution in [1.82, 2.24) is 9.97 Å². The second kappa shape index (κ2) is 8.25. The van der Waals surface area contributed by atoms with Crippen molar-refractivity contribution >= 4 is 27.2 Å². The van der Waals surface area contributed by atoms with E-state index in [4.69, 9.17) is 14.5 Å². The highest BCUT2D eigenvalue weighted by Crippen LogP contribution is 2.34. The number of imidazole rings is 1. The monoisotopic (exact) mass is 386 g/mol. The van der Waals surface area contributed by atoms with Crippen molar-refractivity contribution in [3.05, 3.63) is 48.5 Å². The van der Waals surface area contributed by atoms with Crippen molar-refractivity contribution in [3.8, 4) is 34.0 Å². The van der Waals surface area contributed by atoms with Gasteiger partial charge in [0.05, 0.1) is 41.1 Å². The molecule has 1 N–H and O–H groups in total. The summed E-state index contributed by atoms with van der Waals surface area (Å²) in [5.41, 5.74) is 3.67. The van der Waals surface area contributed by atoms with Crippen molar-refractivity contribution in [1.29, 1.82) is 0 Å². The first-order valence-electron chi connectivity index (χ1n) is 7.84. The van der Waals surface area contributed by atoms with Crippen LogP contribution in [0.25, 0.3) is 22.5 Å². The highest BCUT2D eigenvalue weighted by molar-refractivity contribution is 8.20. The number of methoxy groups -OCH3 is 2. The summed E-state index contributed by atoms with van der Waals surface area (Å²) in [5, 5.41) is 0.683. The third kappa shape index (κ3) is 4.00. The second-order valence-electron chi connectivity index (χ2n) is 5.40. The number of aromatic amines is 1. The van der Waals surface area contributed by atoms with Gasteiger partial charge in [-0.2, -0.15) is 0 Å². The van der Waals surface area contributed by atoms with E-state index in [-0.39, 0.29) is 0 Å². The van der Waals surface area contributed by atoms with Crippen LogP contribution in [0.5, 0.6) is 11.5 Å². The van der Waals surface area contributed by atoms with Gasteiger partial charge in [0.25, 0.3) is 0 Å². The molecule has 0 spiro atoms. The van der Waals surface area contributed by atoms with Gasteiger partial charge in [0.2, 0.25) is 0 Å². The third-order valence-corrected chi connectivity index (χ3v) is 5.14. The molecule has 0 fully saturated rings. The van der Waals surface area contributed by atoms with Gasteiger partial charge in [-0.05, 0) is 67.2 Å². The lowest BCUT2D eigenvalue weighted by Gasteiger charge is -2.06. The Morgan fingerprint density at radius 1 is 0.923 bits per heavy atom. The van der Waals surface area contributed by atoms with Crippen LogP contribution in [0.3, 0.4) is 0 Å². The summed E-state index contributed by atoms with van der Waals surface area (Å²) < 4.78 is 22.1. The van der Waals surface area contributed by atoms with E-state index >= 15 is 0 Å². The summed E-state index contributed by atoms with van der Waals surface area (Å²) in [5.74, 6) is 1.58. The molecule has 1 heterocycles. The minimum Gasteiger partial charge on any atom is -0.497 e. The predicted octanol–water partition coefficient (Wildman–Crippen LogP) is 4.22. The predicted molar refractivity (Wildman–Crippen MR) is 107 cm³/mol.